The number of hydrogen-bond donors (Lipinski definition) is 1. The molecule has 0 bridgehead atoms. The molecule has 0 aliphatic rings. The number of aromatic hydroxyl groups is 1. The van der Waals surface area contributed by atoms with Crippen molar-refractivity contribution >= 4 is 11.0 Å². The van der Waals surface area contributed by atoms with Crippen molar-refractivity contribution in [1.29, 1.82) is 0 Å². The molecule has 0 saturated carbocycles. The Labute approximate surface area is 109 Å². The van der Waals surface area contributed by atoms with Crippen LogP contribution >= 0.6 is 0 Å². The minimum absolute atomic E-state index is 0.0926. The predicted octanol–water partition coefficient (Wildman–Crippen LogP) is 3.57. The number of benzene rings is 2. The lowest BCUT2D eigenvalue weighted by Gasteiger charge is -2.08. The number of phenolic OH excluding ortho intramolecular Hbond substituents is 1. The maximum Gasteiger partial charge on any atom is 0.147 e. The quantitative estimate of drug-likeness (QED) is 0.761. The Morgan fingerprint density at radius 1 is 1.16 bits per heavy atom. The van der Waals surface area contributed by atoms with Crippen LogP contribution in [-0.2, 0) is 6.54 Å². The fraction of sp³-hybridized carbons (Fsp3) is 0.133. The largest absolute Gasteiger partial charge is 0.507 e. The van der Waals surface area contributed by atoms with Gasteiger partial charge < -0.3 is 9.67 Å². The molecule has 3 aromatic rings. The summed E-state index contributed by atoms with van der Waals surface area (Å²) in [7, 11) is 0. The average molecular weight is 256 g/mol. The summed E-state index contributed by atoms with van der Waals surface area (Å²) in [6, 6.07) is 11.9. The van der Waals surface area contributed by atoms with E-state index in [0.717, 1.165) is 11.0 Å². The van der Waals surface area contributed by atoms with Crippen molar-refractivity contribution in [3.63, 3.8) is 0 Å². The summed E-state index contributed by atoms with van der Waals surface area (Å²) in [4.78, 5) is 4.44. The fourth-order valence-electron chi connectivity index (χ4n) is 2.32. The topological polar surface area (TPSA) is 38.0 Å². The van der Waals surface area contributed by atoms with Gasteiger partial charge in [-0.2, -0.15) is 0 Å². The first-order valence-electron chi connectivity index (χ1n) is 6.15. The first kappa shape index (κ1) is 11.7. The number of halogens is 1. The SMILES string of the molecule is CCn1c(-c2c(O)cccc2F)nc2ccccc21. The van der Waals surface area contributed by atoms with Crippen LogP contribution in [0.4, 0.5) is 4.39 Å². The second-order valence-corrected chi connectivity index (χ2v) is 4.30. The van der Waals surface area contributed by atoms with Gasteiger partial charge >= 0.3 is 0 Å². The zero-order valence-electron chi connectivity index (χ0n) is 10.5. The number of aromatic nitrogens is 2. The van der Waals surface area contributed by atoms with E-state index >= 15 is 0 Å². The Morgan fingerprint density at radius 3 is 2.68 bits per heavy atom. The second-order valence-electron chi connectivity index (χ2n) is 4.30. The zero-order chi connectivity index (χ0) is 13.4. The van der Waals surface area contributed by atoms with Crippen LogP contribution in [0.3, 0.4) is 0 Å². The van der Waals surface area contributed by atoms with Crippen molar-refractivity contribution in [2.24, 2.45) is 0 Å². The van der Waals surface area contributed by atoms with E-state index < -0.39 is 5.82 Å². The van der Waals surface area contributed by atoms with Gasteiger partial charge in [-0.3, -0.25) is 0 Å². The van der Waals surface area contributed by atoms with Crippen LogP contribution in [0.15, 0.2) is 42.5 Å². The van der Waals surface area contributed by atoms with Crippen molar-refractivity contribution < 1.29 is 9.50 Å². The molecule has 3 rings (SSSR count). The molecule has 1 aromatic heterocycles. The highest BCUT2D eigenvalue weighted by Crippen LogP contribution is 2.33. The van der Waals surface area contributed by atoms with Gasteiger partial charge in [-0.05, 0) is 31.2 Å². The normalized spacial score (nSPS) is 11.1. The molecular formula is C15H13FN2O. The number of fused-ring (bicyclic) bond motifs is 1. The summed E-state index contributed by atoms with van der Waals surface area (Å²) >= 11 is 0. The molecular weight excluding hydrogens is 243 g/mol. The van der Waals surface area contributed by atoms with Gasteiger partial charge in [-0.25, -0.2) is 9.37 Å². The number of phenols is 1. The van der Waals surface area contributed by atoms with Gasteiger partial charge in [-0.15, -0.1) is 0 Å². The summed E-state index contributed by atoms with van der Waals surface area (Å²) < 4.78 is 15.9. The van der Waals surface area contributed by atoms with Crippen LogP contribution < -0.4 is 0 Å². The fourth-order valence-corrected chi connectivity index (χ4v) is 2.32. The molecule has 0 radical (unpaired) electrons. The van der Waals surface area contributed by atoms with E-state index in [1.165, 1.54) is 18.2 Å². The third kappa shape index (κ3) is 1.76. The lowest BCUT2D eigenvalue weighted by atomic mass is 10.1. The van der Waals surface area contributed by atoms with Crippen molar-refractivity contribution in [3.8, 4) is 17.1 Å². The standard InChI is InChI=1S/C15H13FN2O/c1-2-18-12-8-4-3-7-11(12)17-15(18)14-10(16)6-5-9-13(14)19/h3-9,19H,2H2,1H3. The molecule has 19 heavy (non-hydrogen) atoms. The lowest BCUT2D eigenvalue weighted by Crippen LogP contribution is -1.99. The van der Waals surface area contributed by atoms with Gasteiger partial charge in [0.25, 0.3) is 0 Å². The molecule has 4 heteroatoms. The number of para-hydroxylation sites is 2. The maximum absolute atomic E-state index is 14.0. The maximum atomic E-state index is 14.0. The average Bonchev–Trinajstić information content (AvgIpc) is 2.76. The number of rotatable bonds is 2. The summed E-state index contributed by atoms with van der Waals surface area (Å²) in [6.07, 6.45) is 0. The molecule has 0 aliphatic carbocycles. The summed E-state index contributed by atoms with van der Waals surface area (Å²) in [5, 5.41) is 9.90. The van der Waals surface area contributed by atoms with E-state index in [-0.39, 0.29) is 11.3 Å². The Morgan fingerprint density at radius 2 is 1.95 bits per heavy atom. The van der Waals surface area contributed by atoms with Crippen molar-refractivity contribution in [2.45, 2.75) is 13.5 Å². The molecule has 0 fully saturated rings. The van der Waals surface area contributed by atoms with E-state index in [4.69, 9.17) is 0 Å². The van der Waals surface area contributed by atoms with Gasteiger partial charge in [0.1, 0.15) is 17.4 Å². The number of aryl methyl sites for hydroxylation is 1. The first-order valence-corrected chi connectivity index (χ1v) is 6.15. The molecule has 0 unspecified atom stereocenters. The molecule has 96 valence electrons. The number of nitrogens with zero attached hydrogens (tertiary/aromatic N) is 2. The summed E-state index contributed by atoms with van der Waals surface area (Å²) in [5.41, 5.74) is 1.88. The van der Waals surface area contributed by atoms with Gasteiger partial charge in [-0.1, -0.05) is 18.2 Å². The zero-order valence-corrected chi connectivity index (χ0v) is 10.5. The molecule has 0 aliphatic heterocycles. The molecule has 0 spiro atoms. The van der Waals surface area contributed by atoms with Crippen LogP contribution in [0.25, 0.3) is 22.4 Å². The third-order valence-electron chi connectivity index (χ3n) is 3.19. The molecule has 0 atom stereocenters. The van der Waals surface area contributed by atoms with Gasteiger partial charge in [0.15, 0.2) is 0 Å². The molecule has 1 N–H and O–H groups in total. The van der Waals surface area contributed by atoms with Crippen molar-refractivity contribution in [3.05, 3.63) is 48.3 Å². The van der Waals surface area contributed by atoms with E-state index in [1.54, 1.807) is 0 Å². The van der Waals surface area contributed by atoms with E-state index in [0.29, 0.717) is 12.4 Å². The summed E-state index contributed by atoms with van der Waals surface area (Å²) in [6.45, 7) is 2.62. The van der Waals surface area contributed by atoms with Gasteiger partial charge in [0, 0.05) is 6.54 Å². The van der Waals surface area contributed by atoms with Crippen LogP contribution in [0, 0.1) is 5.82 Å². The minimum Gasteiger partial charge on any atom is -0.507 e. The van der Waals surface area contributed by atoms with E-state index in [2.05, 4.69) is 4.98 Å². The van der Waals surface area contributed by atoms with E-state index in [1.807, 2.05) is 35.8 Å². The molecule has 3 nitrogen and oxygen atoms in total. The smallest absolute Gasteiger partial charge is 0.147 e. The Kier molecular flexibility index (Phi) is 2.71. The second kappa shape index (κ2) is 4.39. The Hall–Kier alpha value is -2.36. The predicted molar refractivity (Wildman–Crippen MR) is 72.5 cm³/mol. The molecule has 0 amide bonds. The van der Waals surface area contributed by atoms with Crippen molar-refractivity contribution in [2.75, 3.05) is 0 Å². The highest BCUT2D eigenvalue weighted by Gasteiger charge is 2.17. The first-order chi connectivity index (χ1) is 9.22. The van der Waals surface area contributed by atoms with Crippen molar-refractivity contribution in [1.82, 2.24) is 9.55 Å². The minimum atomic E-state index is -0.468. The highest BCUT2D eigenvalue weighted by molar-refractivity contribution is 5.82. The van der Waals surface area contributed by atoms with Crippen LogP contribution in [0.2, 0.25) is 0 Å². The Bertz CT molecular complexity index is 729. The van der Waals surface area contributed by atoms with E-state index in [9.17, 15) is 9.50 Å². The third-order valence-corrected chi connectivity index (χ3v) is 3.19. The number of hydrogen-bond acceptors (Lipinski definition) is 2. The Balaban J connectivity index is 2.37. The lowest BCUT2D eigenvalue weighted by molar-refractivity contribution is 0.471. The molecule has 0 saturated heterocycles. The summed E-state index contributed by atoms with van der Waals surface area (Å²) in [5.74, 6) is -0.102. The monoisotopic (exact) mass is 256 g/mol. The van der Waals surface area contributed by atoms with Crippen LogP contribution in [-0.4, -0.2) is 14.7 Å². The highest BCUT2D eigenvalue weighted by atomic mass is 19.1. The molecule has 1 heterocycles. The van der Waals surface area contributed by atoms with Crippen LogP contribution in [0.5, 0.6) is 5.75 Å². The van der Waals surface area contributed by atoms with Crippen LogP contribution in [0.1, 0.15) is 6.92 Å². The number of imidazole rings is 1. The van der Waals surface area contributed by atoms with Gasteiger partial charge in [0.05, 0.1) is 16.6 Å². The van der Waals surface area contributed by atoms with Gasteiger partial charge in [0.2, 0.25) is 0 Å². The molecule has 2 aromatic carbocycles.